The molecule has 1 aromatic rings. The topological polar surface area (TPSA) is 62.7 Å². The molecule has 0 bridgehead atoms. The minimum absolute atomic E-state index is 0.131. The minimum Gasteiger partial charge on any atom is -0.477 e. The van der Waals surface area contributed by atoms with Gasteiger partial charge >= 0.3 is 5.97 Å². The molecule has 0 saturated carbocycles. The molecular weight excluding hydrogens is 220 g/mol. The number of ether oxygens (including phenoxy) is 1. The van der Waals surface area contributed by atoms with Gasteiger partial charge in [0.05, 0.1) is 0 Å². The fourth-order valence-corrected chi connectivity index (χ4v) is 1.61. The Kier molecular flexibility index (Phi) is 5.59. The molecule has 0 aliphatic heterocycles. The summed E-state index contributed by atoms with van der Waals surface area (Å²) >= 11 is 0. The quantitative estimate of drug-likeness (QED) is 0.724. The van der Waals surface area contributed by atoms with E-state index in [0.29, 0.717) is 13.2 Å². The van der Waals surface area contributed by atoms with Gasteiger partial charge in [0.15, 0.2) is 5.69 Å². The summed E-state index contributed by atoms with van der Waals surface area (Å²) in [5, 5.41) is 8.99. The van der Waals surface area contributed by atoms with Gasteiger partial charge in [-0.3, -0.25) is 0 Å². The molecule has 0 saturated heterocycles. The first kappa shape index (κ1) is 13.6. The first-order valence-corrected chi connectivity index (χ1v) is 5.50. The highest BCUT2D eigenvalue weighted by Gasteiger charge is 2.12. The van der Waals surface area contributed by atoms with E-state index in [4.69, 9.17) is 9.84 Å². The maximum Gasteiger partial charge on any atom is 0.354 e. The molecule has 0 aliphatic carbocycles. The lowest BCUT2D eigenvalue weighted by Crippen LogP contribution is -2.22. The van der Waals surface area contributed by atoms with Crippen LogP contribution in [0, 0.1) is 0 Å². The van der Waals surface area contributed by atoms with Crippen LogP contribution in [0.4, 0.5) is 0 Å². The van der Waals surface area contributed by atoms with Crippen LogP contribution in [0.5, 0.6) is 0 Å². The third-order valence-electron chi connectivity index (χ3n) is 2.42. The second-order valence-corrected chi connectivity index (χ2v) is 3.90. The number of rotatable bonds is 7. The van der Waals surface area contributed by atoms with Crippen LogP contribution in [0.2, 0.25) is 0 Å². The Morgan fingerprint density at radius 1 is 1.59 bits per heavy atom. The normalized spacial score (nSPS) is 10.8. The number of aromatic carboxylic acids is 1. The van der Waals surface area contributed by atoms with Crippen molar-refractivity contribution in [2.75, 3.05) is 27.3 Å². The number of hydrogen-bond donors (Lipinski definition) is 1. The van der Waals surface area contributed by atoms with Crippen LogP contribution in [-0.4, -0.2) is 48.3 Å². The Morgan fingerprint density at radius 3 is 3.00 bits per heavy atom. The number of hydrogen-bond acceptors (Lipinski definition) is 4. The first-order chi connectivity index (χ1) is 8.15. The average Bonchev–Trinajstić information content (AvgIpc) is 2.29. The van der Waals surface area contributed by atoms with E-state index in [1.54, 1.807) is 19.2 Å². The number of carboxylic acid groups (broad SMARTS) is 1. The van der Waals surface area contributed by atoms with E-state index < -0.39 is 5.97 Å². The molecule has 1 aromatic heterocycles. The van der Waals surface area contributed by atoms with E-state index in [1.165, 1.54) is 6.20 Å². The Balaban J connectivity index is 2.58. The molecule has 94 valence electrons. The molecule has 17 heavy (non-hydrogen) atoms. The van der Waals surface area contributed by atoms with Crippen molar-refractivity contribution in [2.24, 2.45) is 0 Å². The molecule has 5 nitrogen and oxygen atoms in total. The molecule has 0 atom stereocenters. The van der Waals surface area contributed by atoms with Crippen molar-refractivity contribution in [3.63, 3.8) is 0 Å². The predicted octanol–water partition coefficient (Wildman–Crippen LogP) is 1.25. The van der Waals surface area contributed by atoms with Crippen LogP contribution in [0.1, 0.15) is 22.5 Å². The molecular formula is C12H18N2O3. The fourth-order valence-electron chi connectivity index (χ4n) is 1.61. The van der Waals surface area contributed by atoms with Gasteiger partial charge < -0.3 is 14.7 Å². The van der Waals surface area contributed by atoms with Crippen LogP contribution < -0.4 is 0 Å². The van der Waals surface area contributed by atoms with Crippen LogP contribution >= 0.6 is 0 Å². The predicted molar refractivity (Wildman–Crippen MR) is 64.0 cm³/mol. The summed E-state index contributed by atoms with van der Waals surface area (Å²) in [7, 11) is 3.62. The molecule has 1 rings (SSSR count). The summed E-state index contributed by atoms with van der Waals surface area (Å²) in [5.41, 5.74) is 0.867. The number of carboxylic acids is 1. The van der Waals surface area contributed by atoms with Crippen LogP contribution in [-0.2, 0) is 11.3 Å². The number of methoxy groups -OCH3 is 1. The Bertz CT molecular complexity index is 369. The number of carbonyl (C=O) groups is 1. The van der Waals surface area contributed by atoms with Crippen molar-refractivity contribution < 1.29 is 14.6 Å². The monoisotopic (exact) mass is 238 g/mol. The highest BCUT2D eigenvalue weighted by Crippen LogP contribution is 2.08. The summed E-state index contributed by atoms with van der Waals surface area (Å²) in [6.07, 6.45) is 2.42. The fraction of sp³-hybridized carbons (Fsp3) is 0.500. The van der Waals surface area contributed by atoms with Gasteiger partial charge in [-0.25, -0.2) is 9.78 Å². The van der Waals surface area contributed by atoms with Crippen molar-refractivity contribution >= 4 is 5.97 Å². The smallest absolute Gasteiger partial charge is 0.354 e. The third kappa shape index (κ3) is 4.50. The van der Waals surface area contributed by atoms with Gasteiger partial charge in [0.1, 0.15) is 0 Å². The van der Waals surface area contributed by atoms with Crippen molar-refractivity contribution in [3.8, 4) is 0 Å². The zero-order valence-corrected chi connectivity index (χ0v) is 10.2. The molecule has 1 N–H and O–H groups in total. The number of nitrogens with zero attached hydrogens (tertiary/aromatic N) is 2. The summed E-state index contributed by atoms with van der Waals surface area (Å²) in [4.78, 5) is 16.9. The lowest BCUT2D eigenvalue weighted by Gasteiger charge is -2.17. The zero-order valence-electron chi connectivity index (χ0n) is 10.2. The molecule has 0 aromatic carbocycles. The van der Waals surface area contributed by atoms with E-state index in [0.717, 1.165) is 18.5 Å². The van der Waals surface area contributed by atoms with Crippen molar-refractivity contribution in [2.45, 2.75) is 13.0 Å². The second-order valence-electron chi connectivity index (χ2n) is 3.90. The summed E-state index contributed by atoms with van der Waals surface area (Å²) < 4.78 is 4.97. The summed E-state index contributed by atoms with van der Waals surface area (Å²) in [5.74, 6) is -0.981. The number of pyridine rings is 1. The number of aromatic nitrogens is 1. The molecule has 0 amide bonds. The Morgan fingerprint density at radius 2 is 2.35 bits per heavy atom. The third-order valence-corrected chi connectivity index (χ3v) is 2.42. The van der Waals surface area contributed by atoms with E-state index in [-0.39, 0.29) is 5.69 Å². The zero-order chi connectivity index (χ0) is 12.7. The minimum atomic E-state index is -0.981. The van der Waals surface area contributed by atoms with E-state index in [1.807, 2.05) is 7.05 Å². The van der Waals surface area contributed by atoms with Gasteiger partial charge in [-0.05, 0) is 25.1 Å². The van der Waals surface area contributed by atoms with Gasteiger partial charge in [-0.2, -0.15) is 0 Å². The van der Waals surface area contributed by atoms with Gasteiger partial charge in [0.2, 0.25) is 0 Å². The second kappa shape index (κ2) is 6.98. The molecule has 0 aliphatic rings. The van der Waals surface area contributed by atoms with Crippen LogP contribution in [0.3, 0.4) is 0 Å². The molecule has 0 fully saturated rings. The molecule has 5 heteroatoms. The molecule has 1 heterocycles. The van der Waals surface area contributed by atoms with E-state index in [2.05, 4.69) is 9.88 Å². The SMILES string of the molecule is COCCCN(C)Cc1cccnc1C(=O)O. The van der Waals surface area contributed by atoms with Gasteiger partial charge in [0, 0.05) is 33.0 Å². The lowest BCUT2D eigenvalue weighted by atomic mass is 10.2. The van der Waals surface area contributed by atoms with E-state index >= 15 is 0 Å². The largest absolute Gasteiger partial charge is 0.477 e. The average molecular weight is 238 g/mol. The van der Waals surface area contributed by atoms with Gasteiger partial charge in [0.25, 0.3) is 0 Å². The van der Waals surface area contributed by atoms with Crippen molar-refractivity contribution in [1.29, 1.82) is 0 Å². The first-order valence-electron chi connectivity index (χ1n) is 5.50. The summed E-state index contributed by atoms with van der Waals surface area (Å²) in [6, 6.07) is 3.55. The van der Waals surface area contributed by atoms with Gasteiger partial charge in [-0.15, -0.1) is 0 Å². The Hall–Kier alpha value is -1.46. The standard InChI is InChI=1S/C12H18N2O3/c1-14(7-4-8-17-2)9-10-5-3-6-13-11(10)12(15)16/h3,5-6H,4,7-9H2,1-2H3,(H,15,16). The molecule has 0 unspecified atom stereocenters. The Labute approximate surface area is 101 Å². The van der Waals surface area contributed by atoms with Crippen LogP contribution in [0.25, 0.3) is 0 Å². The molecule has 0 spiro atoms. The van der Waals surface area contributed by atoms with Gasteiger partial charge in [-0.1, -0.05) is 6.07 Å². The maximum atomic E-state index is 11.0. The van der Waals surface area contributed by atoms with E-state index in [9.17, 15) is 4.79 Å². The van der Waals surface area contributed by atoms with Crippen LogP contribution in [0.15, 0.2) is 18.3 Å². The van der Waals surface area contributed by atoms with Crippen molar-refractivity contribution in [1.82, 2.24) is 9.88 Å². The lowest BCUT2D eigenvalue weighted by molar-refractivity contribution is 0.0688. The van der Waals surface area contributed by atoms with Crippen molar-refractivity contribution in [3.05, 3.63) is 29.6 Å². The highest BCUT2D eigenvalue weighted by molar-refractivity contribution is 5.86. The highest BCUT2D eigenvalue weighted by atomic mass is 16.5. The maximum absolute atomic E-state index is 11.0. The summed E-state index contributed by atoms with van der Waals surface area (Å²) in [6.45, 7) is 2.16. The molecule has 0 radical (unpaired) electrons.